The number of fused-ring (bicyclic) bond motifs is 2. The van der Waals surface area contributed by atoms with Gasteiger partial charge in [0.2, 0.25) is 0 Å². The van der Waals surface area contributed by atoms with Gasteiger partial charge in [0.1, 0.15) is 12.4 Å². The third-order valence-electron chi connectivity index (χ3n) is 4.33. The van der Waals surface area contributed by atoms with Gasteiger partial charge in [-0.15, -0.1) is 0 Å². The first-order chi connectivity index (χ1) is 12.7. The summed E-state index contributed by atoms with van der Waals surface area (Å²) in [7, 11) is 0. The molecule has 0 unspecified atom stereocenters. The average Bonchev–Trinajstić information content (AvgIpc) is 2.67. The predicted octanol–water partition coefficient (Wildman–Crippen LogP) is 3.67. The van der Waals surface area contributed by atoms with Crippen molar-refractivity contribution < 1.29 is 19.1 Å². The van der Waals surface area contributed by atoms with Crippen LogP contribution in [0.5, 0.6) is 5.75 Å². The number of anilines is 1. The van der Waals surface area contributed by atoms with Crippen molar-refractivity contribution in [3.05, 3.63) is 72.3 Å². The lowest BCUT2D eigenvalue weighted by atomic mass is 10.1. The van der Waals surface area contributed by atoms with Crippen LogP contribution in [0.15, 0.2) is 66.7 Å². The molecule has 3 aromatic carbocycles. The van der Waals surface area contributed by atoms with Crippen LogP contribution in [0.1, 0.15) is 12.0 Å². The van der Waals surface area contributed by atoms with Crippen LogP contribution in [-0.2, 0) is 20.9 Å². The highest BCUT2D eigenvalue weighted by Gasteiger charge is 2.30. The molecule has 5 nitrogen and oxygen atoms in total. The molecule has 0 radical (unpaired) electrons. The van der Waals surface area contributed by atoms with Crippen LogP contribution in [0.4, 0.5) is 5.69 Å². The van der Waals surface area contributed by atoms with E-state index in [1.54, 1.807) is 18.2 Å². The van der Waals surface area contributed by atoms with Crippen LogP contribution in [-0.4, -0.2) is 18.0 Å². The zero-order valence-electron chi connectivity index (χ0n) is 14.0. The molecule has 1 aliphatic heterocycles. The van der Waals surface area contributed by atoms with Gasteiger partial charge in [0.25, 0.3) is 5.91 Å². The number of nitrogens with one attached hydrogen (secondary N) is 1. The molecular weight excluding hydrogens is 330 g/mol. The van der Waals surface area contributed by atoms with E-state index in [1.165, 1.54) is 0 Å². The van der Waals surface area contributed by atoms with E-state index in [2.05, 4.69) is 5.32 Å². The number of para-hydroxylation sites is 2. The van der Waals surface area contributed by atoms with Gasteiger partial charge in [-0.05, 0) is 28.5 Å². The SMILES string of the molecule is O=C(C[C@H]1Oc2ccccc2NC1=O)OCc1cccc2ccccc12. The molecule has 0 bridgehead atoms. The van der Waals surface area contributed by atoms with Crippen molar-refractivity contribution in [1.82, 2.24) is 0 Å². The van der Waals surface area contributed by atoms with Gasteiger partial charge in [-0.1, -0.05) is 54.6 Å². The highest BCUT2D eigenvalue weighted by atomic mass is 16.5. The lowest BCUT2D eigenvalue weighted by molar-refractivity contribution is -0.149. The third-order valence-corrected chi connectivity index (χ3v) is 4.33. The fourth-order valence-corrected chi connectivity index (χ4v) is 3.01. The van der Waals surface area contributed by atoms with Crippen molar-refractivity contribution in [2.24, 2.45) is 0 Å². The number of hydrogen-bond acceptors (Lipinski definition) is 4. The minimum atomic E-state index is -0.884. The van der Waals surface area contributed by atoms with Gasteiger partial charge >= 0.3 is 5.97 Å². The summed E-state index contributed by atoms with van der Waals surface area (Å²) in [4.78, 5) is 24.3. The number of hydrogen-bond donors (Lipinski definition) is 1. The quantitative estimate of drug-likeness (QED) is 0.732. The second-order valence-corrected chi connectivity index (χ2v) is 6.09. The zero-order chi connectivity index (χ0) is 17.9. The van der Waals surface area contributed by atoms with Gasteiger partial charge in [-0.3, -0.25) is 9.59 Å². The van der Waals surface area contributed by atoms with Gasteiger partial charge in [-0.25, -0.2) is 0 Å². The normalized spacial score (nSPS) is 15.7. The summed E-state index contributed by atoms with van der Waals surface area (Å²) < 4.78 is 11.0. The van der Waals surface area contributed by atoms with E-state index in [-0.39, 0.29) is 18.9 Å². The molecule has 0 saturated carbocycles. The Morgan fingerprint density at radius 1 is 1.00 bits per heavy atom. The van der Waals surface area contributed by atoms with E-state index < -0.39 is 12.1 Å². The molecule has 5 heteroatoms. The number of benzene rings is 3. The molecule has 4 rings (SSSR count). The Kier molecular flexibility index (Phi) is 4.27. The molecule has 26 heavy (non-hydrogen) atoms. The first-order valence-corrected chi connectivity index (χ1v) is 8.39. The lowest BCUT2D eigenvalue weighted by Crippen LogP contribution is -2.38. The molecule has 1 N–H and O–H groups in total. The molecule has 0 aromatic heterocycles. The van der Waals surface area contributed by atoms with E-state index in [0.717, 1.165) is 16.3 Å². The minimum Gasteiger partial charge on any atom is -0.478 e. The fraction of sp³-hybridized carbons (Fsp3) is 0.143. The van der Waals surface area contributed by atoms with E-state index in [0.29, 0.717) is 11.4 Å². The second-order valence-electron chi connectivity index (χ2n) is 6.09. The smallest absolute Gasteiger partial charge is 0.310 e. The maximum Gasteiger partial charge on any atom is 0.310 e. The maximum absolute atomic E-state index is 12.2. The highest BCUT2D eigenvalue weighted by molar-refractivity contribution is 5.99. The standard InChI is InChI=1S/C21H17NO4/c23-20(12-19-21(24)22-17-10-3-4-11-18(17)26-19)25-13-15-8-5-7-14-6-1-2-9-16(14)15/h1-11,19H,12-13H2,(H,22,24)/t19-/m1/s1. The molecule has 0 fully saturated rings. The Labute approximate surface area is 150 Å². The van der Waals surface area contributed by atoms with Crippen molar-refractivity contribution in [3.8, 4) is 5.75 Å². The minimum absolute atomic E-state index is 0.134. The van der Waals surface area contributed by atoms with E-state index in [4.69, 9.17) is 9.47 Å². The molecule has 1 amide bonds. The fourth-order valence-electron chi connectivity index (χ4n) is 3.01. The Hall–Kier alpha value is -3.34. The molecule has 1 aliphatic rings. The lowest BCUT2D eigenvalue weighted by Gasteiger charge is -2.25. The third kappa shape index (κ3) is 3.24. The van der Waals surface area contributed by atoms with Crippen LogP contribution in [0.25, 0.3) is 10.8 Å². The summed E-state index contributed by atoms with van der Waals surface area (Å²) in [6.07, 6.45) is -1.02. The van der Waals surface area contributed by atoms with Crippen molar-refractivity contribution in [3.63, 3.8) is 0 Å². The predicted molar refractivity (Wildman–Crippen MR) is 97.8 cm³/mol. The van der Waals surface area contributed by atoms with Crippen molar-refractivity contribution in [2.75, 3.05) is 5.32 Å². The van der Waals surface area contributed by atoms with Gasteiger partial charge in [0, 0.05) is 0 Å². The summed E-state index contributed by atoms with van der Waals surface area (Å²) in [5.41, 5.74) is 1.54. The molecule has 0 aliphatic carbocycles. The second kappa shape index (κ2) is 6.88. The number of esters is 1. The molecular formula is C21H17NO4. The monoisotopic (exact) mass is 347 g/mol. The Bertz CT molecular complexity index is 977. The maximum atomic E-state index is 12.2. The Morgan fingerprint density at radius 3 is 2.69 bits per heavy atom. The van der Waals surface area contributed by atoms with Crippen molar-refractivity contribution in [2.45, 2.75) is 19.1 Å². The number of ether oxygens (including phenoxy) is 2. The summed E-state index contributed by atoms with van der Waals surface area (Å²) in [5.74, 6) is -0.262. The summed E-state index contributed by atoms with van der Waals surface area (Å²) >= 11 is 0. The van der Waals surface area contributed by atoms with Crippen LogP contribution >= 0.6 is 0 Å². The molecule has 3 aromatic rings. The average molecular weight is 347 g/mol. The van der Waals surface area contributed by atoms with E-state index in [9.17, 15) is 9.59 Å². The molecule has 1 heterocycles. The zero-order valence-corrected chi connectivity index (χ0v) is 14.0. The van der Waals surface area contributed by atoms with Crippen LogP contribution in [0.2, 0.25) is 0 Å². The molecule has 0 spiro atoms. The van der Waals surface area contributed by atoms with Crippen LogP contribution < -0.4 is 10.1 Å². The van der Waals surface area contributed by atoms with Gasteiger partial charge < -0.3 is 14.8 Å². The first-order valence-electron chi connectivity index (χ1n) is 8.39. The summed E-state index contributed by atoms with van der Waals surface area (Å²) in [5, 5.41) is 4.88. The molecule has 0 saturated heterocycles. The largest absolute Gasteiger partial charge is 0.478 e. The Balaban J connectivity index is 1.41. The van der Waals surface area contributed by atoms with E-state index in [1.807, 2.05) is 48.5 Å². The highest BCUT2D eigenvalue weighted by Crippen LogP contribution is 2.29. The summed E-state index contributed by atoms with van der Waals surface area (Å²) in [6, 6.07) is 20.9. The number of carbonyl (C=O) groups excluding carboxylic acids is 2. The van der Waals surface area contributed by atoms with Crippen LogP contribution in [0.3, 0.4) is 0 Å². The van der Waals surface area contributed by atoms with E-state index >= 15 is 0 Å². The summed E-state index contributed by atoms with van der Waals surface area (Å²) in [6.45, 7) is 0.158. The topological polar surface area (TPSA) is 64.6 Å². The van der Waals surface area contributed by atoms with Crippen molar-refractivity contribution >= 4 is 28.3 Å². The van der Waals surface area contributed by atoms with Gasteiger partial charge in [0.05, 0.1) is 12.1 Å². The van der Waals surface area contributed by atoms with Crippen molar-refractivity contribution in [1.29, 1.82) is 0 Å². The number of amides is 1. The van der Waals surface area contributed by atoms with Gasteiger partial charge in [-0.2, -0.15) is 0 Å². The Morgan fingerprint density at radius 2 is 1.77 bits per heavy atom. The van der Waals surface area contributed by atoms with Crippen LogP contribution in [0, 0.1) is 0 Å². The van der Waals surface area contributed by atoms with Gasteiger partial charge in [0.15, 0.2) is 6.10 Å². The first kappa shape index (κ1) is 16.1. The molecule has 1 atom stereocenters. The number of rotatable bonds is 4. The number of carbonyl (C=O) groups is 2. The molecule has 130 valence electrons.